The van der Waals surface area contributed by atoms with E-state index in [1.807, 2.05) is 0 Å². The normalized spacial score (nSPS) is 15.0. The number of carbonyl (C=O) groups is 2. The SMILES string of the molecule is C[C@H](N)C(=O)OC(=O)[C@@H](N)CS. The van der Waals surface area contributed by atoms with Crippen molar-refractivity contribution in [1.82, 2.24) is 0 Å². The van der Waals surface area contributed by atoms with Crippen LogP contribution in [0.4, 0.5) is 0 Å². The van der Waals surface area contributed by atoms with Gasteiger partial charge in [0, 0.05) is 5.75 Å². The molecule has 0 saturated carbocycles. The van der Waals surface area contributed by atoms with Crippen molar-refractivity contribution in [2.45, 2.75) is 19.0 Å². The quantitative estimate of drug-likeness (QED) is 0.292. The van der Waals surface area contributed by atoms with Crippen LogP contribution in [0.5, 0.6) is 0 Å². The van der Waals surface area contributed by atoms with E-state index in [0.717, 1.165) is 0 Å². The minimum Gasteiger partial charge on any atom is -0.391 e. The summed E-state index contributed by atoms with van der Waals surface area (Å²) in [5, 5.41) is 0. The van der Waals surface area contributed by atoms with Crippen LogP contribution in [0.3, 0.4) is 0 Å². The molecule has 0 rings (SSSR count). The molecule has 0 amide bonds. The summed E-state index contributed by atoms with van der Waals surface area (Å²) < 4.78 is 4.29. The van der Waals surface area contributed by atoms with E-state index in [9.17, 15) is 9.59 Å². The molecule has 12 heavy (non-hydrogen) atoms. The minimum atomic E-state index is -0.879. The molecule has 4 N–H and O–H groups in total. The molecule has 0 radical (unpaired) electrons. The molecular weight excluding hydrogens is 180 g/mol. The van der Waals surface area contributed by atoms with Gasteiger partial charge in [-0.25, -0.2) is 9.59 Å². The van der Waals surface area contributed by atoms with E-state index in [4.69, 9.17) is 11.5 Å². The molecule has 0 aliphatic carbocycles. The number of ether oxygens (including phenoxy) is 1. The van der Waals surface area contributed by atoms with Crippen molar-refractivity contribution in [3.63, 3.8) is 0 Å². The van der Waals surface area contributed by atoms with Crippen molar-refractivity contribution in [2.75, 3.05) is 5.75 Å². The van der Waals surface area contributed by atoms with Crippen LogP contribution in [-0.4, -0.2) is 29.8 Å². The lowest BCUT2D eigenvalue weighted by atomic mass is 10.3. The van der Waals surface area contributed by atoms with Crippen molar-refractivity contribution in [2.24, 2.45) is 11.5 Å². The maximum Gasteiger partial charge on any atom is 0.331 e. The van der Waals surface area contributed by atoms with Crippen molar-refractivity contribution in [3.8, 4) is 0 Å². The van der Waals surface area contributed by atoms with E-state index in [1.165, 1.54) is 6.92 Å². The molecule has 0 aromatic heterocycles. The van der Waals surface area contributed by atoms with E-state index in [2.05, 4.69) is 17.4 Å². The summed E-state index contributed by atoms with van der Waals surface area (Å²) in [7, 11) is 0. The average molecular weight is 192 g/mol. The highest BCUT2D eigenvalue weighted by molar-refractivity contribution is 7.80. The van der Waals surface area contributed by atoms with Gasteiger partial charge in [0.2, 0.25) is 0 Å². The molecule has 0 bridgehead atoms. The first-order chi connectivity index (χ1) is 5.49. The van der Waals surface area contributed by atoms with Crippen molar-refractivity contribution in [1.29, 1.82) is 0 Å². The lowest BCUT2D eigenvalue weighted by Crippen LogP contribution is -2.39. The summed E-state index contributed by atoms with van der Waals surface area (Å²) in [5.41, 5.74) is 10.4. The molecule has 70 valence electrons. The fourth-order valence-corrected chi connectivity index (χ4v) is 0.491. The van der Waals surface area contributed by atoms with Gasteiger partial charge in [-0.2, -0.15) is 12.6 Å². The van der Waals surface area contributed by atoms with E-state index in [-0.39, 0.29) is 5.75 Å². The number of thiol groups is 1. The van der Waals surface area contributed by atoms with E-state index in [1.54, 1.807) is 0 Å². The number of hydrogen-bond donors (Lipinski definition) is 3. The van der Waals surface area contributed by atoms with Gasteiger partial charge in [-0.05, 0) is 6.92 Å². The molecule has 0 aromatic rings. The smallest absolute Gasteiger partial charge is 0.331 e. The summed E-state index contributed by atoms with van der Waals surface area (Å²) in [4.78, 5) is 21.5. The fraction of sp³-hybridized carbons (Fsp3) is 0.667. The standard InChI is InChI=1S/C6H12N2O3S/c1-3(7)5(9)11-6(10)4(8)2-12/h3-4,12H,2,7-8H2,1H3/t3-,4-/m0/s1. The maximum absolute atomic E-state index is 10.8. The highest BCUT2D eigenvalue weighted by atomic mass is 32.1. The monoisotopic (exact) mass is 192 g/mol. The maximum atomic E-state index is 10.8. The second-order valence-electron chi connectivity index (χ2n) is 2.32. The Morgan fingerprint density at radius 3 is 2.25 bits per heavy atom. The van der Waals surface area contributed by atoms with Crippen molar-refractivity contribution >= 4 is 24.6 Å². The van der Waals surface area contributed by atoms with Crippen LogP contribution in [0, 0.1) is 0 Å². The summed E-state index contributed by atoms with van der Waals surface area (Å²) >= 11 is 3.76. The molecule has 0 fully saturated rings. The molecule has 0 aliphatic rings. The molecule has 0 aliphatic heterocycles. The number of carbonyl (C=O) groups excluding carboxylic acids is 2. The molecule has 0 aromatic carbocycles. The molecule has 2 atom stereocenters. The highest BCUT2D eigenvalue weighted by Crippen LogP contribution is 1.91. The molecule has 0 spiro atoms. The molecule has 5 nitrogen and oxygen atoms in total. The van der Waals surface area contributed by atoms with Gasteiger partial charge in [-0.3, -0.25) is 0 Å². The predicted molar refractivity (Wildman–Crippen MR) is 46.6 cm³/mol. The van der Waals surface area contributed by atoms with Gasteiger partial charge in [-0.15, -0.1) is 0 Å². The third-order valence-electron chi connectivity index (χ3n) is 1.07. The first kappa shape index (κ1) is 11.4. The van der Waals surface area contributed by atoms with Gasteiger partial charge in [0.25, 0.3) is 0 Å². The zero-order valence-electron chi connectivity index (χ0n) is 6.69. The lowest BCUT2D eigenvalue weighted by molar-refractivity contribution is -0.160. The van der Waals surface area contributed by atoms with E-state index >= 15 is 0 Å². The number of rotatable bonds is 3. The second kappa shape index (κ2) is 5.13. The number of nitrogens with two attached hydrogens (primary N) is 2. The van der Waals surface area contributed by atoms with Crippen molar-refractivity contribution < 1.29 is 14.3 Å². The number of esters is 2. The van der Waals surface area contributed by atoms with Gasteiger partial charge >= 0.3 is 11.9 Å². The largest absolute Gasteiger partial charge is 0.391 e. The zero-order chi connectivity index (χ0) is 9.72. The third kappa shape index (κ3) is 3.70. The summed E-state index contributed by atoms with van der Waals surface area (Å²) in [5.74, 6) is -1.45. The molecule has 0 unspecified atom stereocenters. The van der Waals surface area contributed by atoms with Gasteiger partial charge in [-0.1, -0.05) is 0 Å². The van der Waals surface area contributed by atoms with E-state index in [0.29, 0.717) is 0 Å². The summed E-state index contributed by atoms with van der Waals surface area (Å²) in [6, 6.07) is -1.70. The highest BCUT2D eigenvalue weighted by Gasteiger charge is 2.19. The van der Waals surface area contributed by atoms with Crippen LogP contribution >= 0.6 is 12.6 Å². The first-order valence-electron chi connectivity index (χ1n) is 3.36. The Morgan fingerprint density at radius 1 is 1.42 bits per heavy atom. The van der Waals surface area contributed by atoms with Gasteiger partial charge in [0.1, 0.15) is 12.1 Å². The molecule has 0 heterocycles. The molecular formula is C6H12N2O3S. The summed E-state index contributed by atoms with van der Waals surface area (Å²) in [6.45, 7) is 1.42. The number of hydrogen-bond acceptors (Lipinski definition) is 6. The zero-order valence-corrected chi connectivity index (χ0v) is 7.58. The Balaban J connectivity index is 3.93. The van der Waals surface area contributed by atoms with Gasteiger partial charge in [0.15, 0.2) is 0 Å². The first-order valence-corrected chi connectivity index (χ1v) is 3.99. The lowest BCUT2D eigenvalue weighted by Gasteiger charge is -2.08. The van der Waals surface area contributed by atoms with Crippen LogP contribution in [0.1, 0.15) is 6.92 Å². The second-order valence-corrected chi connectivity index (χ2v) is 2.68. The minimum absolute atomic E-state index is 0.130. The van der Waals surface area contributed by atoms with Gasteiger partial charge in [0.05, 0.1) is 0 Å². The molecule has 6 heteroatoms. The van der Waals surface area contributed by atoms with Crippen LogP contribution in [0.2, 0.25) is 0 Å². The third-order valence-corrected chi connectivity index (χ3v) is 1.47. The van der Waals surface area contributed by atoms with Crippen LogP contribution in [-0.2, 0) is 14.3 Å². The Bertz CT molecular complexity index is 184. The molecule has 0 saturated heterocycles. The van der Waals surface area contributed by atoms with Gasteiger partial charge < -0.3 is 16.2 Å². The Morgan fingerprint density at radius 2 is 1.92 bits per heavy atom. The van der Waals surface area contributed by atoms with E-state index < -0.39 is 24.0 Å². The fourth-order valence-electron chi connectivity index (χ4n) is 0.342. The predicted octanol–water partition coefficient (Wildman–Crippen LogP) is -1.34. The topological polar surface area (TPSA) is 95.4 Å². The van der Waals surface area contributed by atoms with Crippen LogP contribution < -0.4 is 11.5 Å². The van der Waals surface area contributed by atoms with Crippen LogP contribution in [0.25, 0.3) is 0 Å². The average Bonchev–Trinajstić information content (AvgIpc) is 2.02. The van der Waals surface area contributed by atoms with Crippen LogP contribution in [0.15, 0.2) is 0 Å². The van der Waals surface area contributed by atoms with Crippen molar-refractivity contribution in [3.05, 3.63) is 0 Å². The Labute approximate surface area is 75.8 Å². The Kier molecular flexibility index (Phi) is 4.87. The Hall–Kier alpha value is -0.590. The summed E-state index contributed by atoms with van der Waals surface area (Å²) in [6.07, 6.45) is 0.